The number of hydrogen-bond donors (Lipinski definition) is 0. The Hall–Kier alpha value is -6.84. The summed E-state index contributed by atoms with van der Waals surface area (Å²) in [7, 11) is 0. The van der Waals surface area contributed by atoms with Gasteiger partial charge in [0.1, 0.15) is 11.2 Å². The number of anilines is 3. The van der Waals surface area contributed by atoms with Crippen molar-refractivity contribution < 1.29 is 4.42 Å². The largest absolute Gasteiger partial charge is 0.456 e. The Morgan fingerprint density at radius 2 is 0.882 bits per heavy atom. The van der Waals surface area contributed by atoms with E-state index in [1.54, 1.807) is 0 Å². The van der Waals surface area contributed by atoms with Gasteiger partial charge in [0, 0.05) is 33.2 Å². The summed E-state index contributed by atoms with van der Waals surface area (Å²) in [5.41, 5.74) is 13.3. The van der Waals surface area contributed by atoms with Gasteiger partial charge in [-0.15, -0.1) is 0 Å². The van der Waals surface area contributed by atoms with Crippen LogP contribution in [0.5, 0.6) is 0 Å². The summed E-state index contributed by atoms with van der Waals surface area (Å²) >= 11 is 0. The van der Waals surface area contributed by atoms with Crippen LogP contribution in [0.1, 0.15) is 0 Å². The first-order valence-corrected chi connectivity index (χ1v) is 17.4. The van der Waals surface area contributed by atoms with Gasteiger partial charge < -0.3 is 13.9 Å². The van der Waals surface area contributed by atoms with E-state index < -0.39 is 0 Å². The number of rotatable bonds is 6. The standard InChI is InChI=1S/C48H32N2O/c1-2-12-33(13-3-1)34-24-28-37(29-25-34)49(45-21-11-23-47-48(45)42-18-6-9-22-46(42)51-47)38-30-26-35(27-31-38)36-14-10-15-39(32-36)50-43-19-7-4-16-40(43)41-17-5-8-20-44(41)50/h1-32H. The average Bonchev–Trinajstić information content (AvgIpc) is 3.75. The molecule has 0 saturated carbocycles. The lowest BCUT2D eigenvalue weighted by molar-refractivity contribution is 0.669. The highest BCUT2D eigenvalue weighted by Crippen LogP contribution is 2.43. The highest BCUT2D eigenvalue weighted by molar-refractivity contribution is 6.13. The molecule has 0 radical (unpaired) electrons. The van der Waals surface area contributed by atoms with Crippen LogP contribution in [-0.4, -0.2) is 4.57 Å². The fraction of sp³-hybridized carbons (Fsp3) is 0. The molecule has 8 aromatic carbocycles. The van der Waals surface area contributed by atoms with Crippen LogP contribution in [0.15, 0.2) is 199 Å². The van der Waals surface area contributed by atoms with Crippen molar-refractivity contribution in [2.45, 2.75) is 0 Å². The molecular weight excluding hydrogens is 621 g/mol. The molecule has 0 aliphatic heterocycles. The van der Waals surface area contributed by atoms with Crippen LogP contribution in [0.3, 0.4) is 0 Å². The van der Waals surface area contributed by atoms with Crippen LogP contribution < -0.4 is 4.90 Å². The monoisotopic (exact) mass is 652 g/mol. The van der Waals surface area contributed by atoms with E-state index in [4.69, 9.17) is 4.42 Å². The summed E-state index contributed by atoms with van der Waals surface area (Å²) in [6, 6.07) is 69.1. The molecule has 0 saturated heterocycles. The summed E-state index contributed by atoms with van der Waals surface area (Å²) in [5.74, 6) is 0. The zero-order valence-corrected chi connectivity index (χ0v) is 27.8. The normalized spacial score (nSPS) is 11.5. The van der Waals surface area contributed by atoms with E-state index in [-0.39, 0.29) is 0 Å². The molecule has 0 unspecified atom stereocenters. The Labute approximate surface area is 295 Å². The van der Waals surface area contributed by atoms with Crippen molar-refractivity contribution in [2.75, 3.05) is 4.90 Å². The maximum Gasteiger partial charge on any atom is 0.137 e. The molecule has 0 atom stereocenters. The van der Waals surface area contributed by atoms with Crippen LogP contribution >= 0.6 is 0 Å². The zero-order chi connectivity index (χ0) is 33.7. The van der Waals surface area contributed by atoms with Gasteiger partial charge in [0.05, 0.1) is 22.1 Å². The molecule has 240 valence electrons. The van der Waals surface area contributed by atoms with Gasteiger partial charge in [-0.3, -0.25) is 0 Å². The fourth-order valence-electron chi connectivity index (χ4n) is 7.63. The summed E-state index contributed by atoms with van der Waals surface area (Å²) in [6.07, 6.45) is 0. The quantitative estimate of drug-likeness (QED) is 0.178. The van der Waals surface area contributed by atoms with Gasteiger partial charge in [-0.05, 0) is 89.0 Å². The summed E-state index contributed by atoms with van der Waals surface area (Å²) in [6.45, 7) is 0. The maximum atomic E-state index is 6.34. The van der Waals surface area contributed by atoms with E-state index >= 15 is 0 Å². The highest BCUT2D eigenvalue weighted by Gasteiger charge is 2.20. The van der Waals surface area contributed by atoms with Crippen molar-refractivity contribution in [1.82, 2.24) is 4.57 Å². The lowest BCUT2D eigenvalue weighted by Gasteiger charge is -2.26. The first-order valence-electron chi connectivity index (χ1n) is 17.4. The molecule has 10 aromatic rings. The number of benzene rings is 8. The van der Waals surface area contributed by atoms with E-state index in [1.165, 1.54) is 38.5 Å². The van der Waals surface area contributed by atoms with Gasteiger partial charge in [-0.1, -0.05) is 127 Å². The molecule has 0 spiro atoms. The van der Waals surface area contributed by atoms with Gasteiger partial charge in [0.2, 0.25) is 0 Å². The van der Waals surface area contributed by atoms with Gasteiger partial charge in [0.15, 0.2) is 0 Å². The smallest absolute Gasteiger partial charge is 0.137 e. The molecule has 3 heteroatoms. The average molecular weight is 653 g/mol. The molecule has 51 heavy (non-hydrogen) atoms. The van der Waals surface area contributed by atoms with Crippen molar-refractivity contribution in [3.05, 3.63) is 194 Å². The molecule has 2 aromatic heterocycles. The lowest BCUT2D eigenvalue weighted by atomic mass is 10.0. The number of para-hydroxylation sites is 3. The molecular formula is C48H32N2O. The molecule has 0 bridgehead atoms. The molecule has 0 N–H and O–H groups in total. The Kier molecular flexibility index (Phi) is 6.81. The first kappa shape index (κ1) is 29.1. The van der Waals surface area contributed by atoms with Gasteiger partial charge in [-0.25, -0.2) is 0 Å². The molecule has 0 aliphatic rings. The summed E-state index contributed by atoms with van der Waals surface area (Å²) in [4.78, 5) is 2.34. The second-order valence-electron chi connectivity index (χ2n) is 13.0. The van der Waals surface area contributed by atoms with E-state index in [9.17, 15) is 0 Å². The van der Waals surface area contributed by atoms with E-state index in [2.05, 4.69) is 191 Å². The Balaban J connectivity index is 1.09. The Morgan fingerprint density at radius 3 is 1.57 bits per heavy atom. The third kappa shape index (κ3) is 4.90. The minimum Gasteiger partial charge on any atom is -0.456 e. The SMILES string of the molecule is c1ccc(-c2ccc(N(c3ccc(-c4cccc(-n5c6ccccc6c6ccccc65)c4)cc3)c3cccc4oc5ccccc5c34)cc2)cc1. The highest BCUT2D eigenvalue weighted by atomic mass is 16.3. The van der Waals surface area contributed by atoms with Gasteiger partial charge in [-0.2, -0.15) is 0 Å². The number of nitrogens with zero attached hydrogens (tertiary/aromatic N) is 2. The lowest BCUT2D eigenvalue weighted by Crippen LogP contribution is -2.10. The molecule has 3 nitrogen and oxygen atoms in total. The number of fused-ring (bicyclic) bond motifs is 6. The predicted octanol–water partition coefficient (Wildman–Crippen LogP) is 13.5. The number of hydrogen-bond acceptors (Lipinski definition) is 2. The van der Waals surface area contributed by atoms with Crippen LogP contribution in [-0.2, 0) is 0 Å². The molecule has 0 amide bonds. The number of furan rings is 1. The summed E-state index contributed by atoms with van der Waals surface area (Å²) < 4.78 is 8.71. The first-order chi connectivity index (χ1) is 25.3. The minimum atomic E-state index is 0.873. The van der Waals surface area contributed by atoms with Crippen LogP contribution in [0.25, 0.3) is 71.7 Å². The number of aromatic nitrogens is 1. The van der Waals surface area contributed by atoms with Gasteiger partial charge >= 0.3 is 0 Å². The Morgan fingerprint density at radius 1 is 0.373 bits per heavy atom. The fourth-order valence-corrected chi connectivity index (χ4v) is 7.63. The van der Waals surface area contributed by atoms with Crippen LogP contribution in [0.2, 0.25) is 0 Å². The topological polar surface area (TPSA) is 21.3 Å². The van der Waals surface area contributed by atoms with Gasteiger partial charge in [0.25, 0.3) is 0 Å². The molecule has 10 rings (SSSR count). The van der Waals surface area contributed by atoms with E-state index in [0.29, 0.717) is 0 Å². The summed E-state index contributed by atoms with van der Waals surface area (Å²) in [5, 5.41) is 4.73. The van der Waals surface area contributed by atoms with Crippen LogP contribution in [0.4, 0.5) is 17.1 Å². The third-order valence-electron chi connectivity index (χ3n) is 10.00. The zero-order valence-electron chi connectivity index (χ0n) is 27.8. The second kappa shape index (κ2) is 11.9. The maximum absolute atomic E-state index is 6.34. The van der Waals surface area contributed by atoms with Crippen molar-refractivity contribution in [3.63, 3.8) is 0 Å². The van der Waals surface area contributed by atoms with Crippen molar-refractivity contribution in [2.24, 2.45) is 0 Å². The molecule has 0 fully saturated rings. The third-order valence-corrected chi connectivity index (χ3v) is 10.00. The second-order valence-corrected chi connectivity index (χ2v) is 13.0. The molecule has 0 aliphatic carbocycles. The van der Waals surface area contributed by atoms with Crippen molar-refractivity contribution >= 4 is 60.8 Å². The van der Waals surface area contributed by atoms with Crippen molar-refractivity contribution in [1.29, 1.82) is 0 Å². The Bertz CT molecular complexity index is 2790. The molecule has 2 heterocycles. The van der Waals surface area contributed by atoms with Crippen LogP contribution in [0, 0.1) is 0 Å². The van der Waals surface area contributed by atoms with E-state index in [0.717, 1.165) is 50.3 Å². The predicted molar refractivity (Wildman–Crippen MR) is 214 cm³/mol. The minimum absolute atomic E-state index is 0.873. The van der Waals surface area contributed by atoms with Crippen molar-refractivity contribution in [3.8, 4) is 27.9 Å². The van der Waals surface area contributed by atoms with E-state index in [1.807, 2.05) is 12.1 Å².